The summed E-state index contributed by atoms with van der Waals surface area (Å²) in [5.74, 6) is -16.2. The van der Waals surface area contributed by atoms with E-state index in [1.807, 2.05) is 0 Å². The number of halogens is 7. The van der Waals surface area contributed by atoms with Crippen molar-refractivity contribution >= 4 is 34.1 Å². The molecule has 2 aromatic carbocycles. The lowest BCUT2D eigenvalue weighted by Crippen LogP contribution is -2.57. The van der Waals surface area contributed by atoms with Crippen LogP contribution in [0.5, 0.6) is 0 Å². The second kappa shape index (κ2) is 10.9. The van der Waals surface area contributed by atoms with Crippen molar-refractivity contribution in [1.82, 2.24) is 15.4 Å². The fourth-order valence-electron chi connectivity index (χ4n) is 3.62. The zero-order valence-electron chi connectivity index (χ0n) is 20.8. The number of hydrazone groups is 1. The van der Waals surface area contributed by atoms with Gasteiger partial charge in [0.25, 0.3) is 5.91 Å². The van der Waals surface area contributed by atoms with Crippen LogP contribution in [0.1, 0.15) is 22.8 Å². The van der Waals surface area contributed by atoms with Crippen molar-refractivity contribution in [2.75, 3.05) is 5.32 Å². The van der Waals surface area contributed by atoms with E-state index in [2.05, 4.69) is 20.5 Å². The van der Waals surface area contributed by atoms with Crippen LogP contribution in [-0.2, 0) is 4.79 Å². The summed E-state index contributed by atoms with van der Waals surface area (Å²) in [5, 5.41) is 5.85. The molecule has 7 nitrogen and oxygen atoms in total. The summed E-state index contributed by atoms with van der Waals surface area (Å²) >= 11 is 0. The Bertz CT molecular complexity index is 1640. The quantitative estimate of drug-likeness (QED) is 0.155. The Balaban J connectivity index is 1.56. The molecule has 0 saturated carbocycles. The van der Waals surface area contributed by atoms with Crippen molar-refractivity contribution < 1.29 is 40.3 Å². The number of carbonyl (C=O) groups excluding carboxylic acids is 2. The van der Waals surface area contributed by atoms with E-state index in [1.165, 1.54) is 30.4 Å². The van der Waals surface area contributed by atoms with Gasteiger partial charge in [0.15, 0.2) is 0 Å². The van der Waals surface area contributed by atoms with Gasteiger partial charge in [-0.3, -0.25) is 14.6 Å². The molecule has 0 atom stereocenters. The van der Waals surface area contributed by atoms with Crippen molar-refractivity contribution in [2.45, 2.75) is 24.9 Å². The maximum atomic E-state index is 13.7. The zero-order chi connectivity index (χ0) is 30.0. The van der Waals surface area contributed by atoms with Crippen LogP contribution in [0.15, 0.2) is 84.1 Å². The number of fused-ring (bicyclic) bond motifs is 1. The lowest BCUT2D eigenvalue weighted by atomic mass is 10.1. The van der Waals surface area contributed by atoms with Crippen LogP contribution in [0.4, 0.5) is 36.4 Å². The first-order valence-electron chi connectivity index (χ1n) is 11.6. The molecule has 2 amide bonds. The normalized spacial score (nSPS) is 12.7. The summed E-state index contributed by atoms with van der Waals surface area (Å²) in [6.07, 6.45) is -5.09. The van der Waals surface area contributed by atoms with Gasteiger partial charge in [-0.1, -0.05) is 36.4 Å². The van der Waals surface area contributed by atoms with Gasteiger partial charge >= 0.3 is 23.9 Å². The van der Waals surface area contributed by atoms with E-state index >= 15 is 0 Å². The number of hydrogen-bond donors (Lipinski definition) is 2. The van der Waals surface area contributed by atoms with E-state index in [0.717, 1.165) is 12.1 Å². The van der Waals surface area contributed by atoms with E-state index in [0.29, 0.717) is 22.3 Å². The zero-order valence-corrected chi connectivity index (χ0v) is 20.8. The molecule has 41 heavy (non-hydrogen) atoms. The van der Waals surface area contributed by atoms with Gasteiger partial charge in [-0.2, -0.15) is 35.8 Å². The highest BCUT2D eigenvalue weighted by Gasteiger charge is 2.76. The lowest BCUT2D eigenvalue weighted by Gasteiger charge is -2.27. The van der Waals surface area contributed by atoms with E-state index in [9.17, 15) is 40.3 Å². The minimum absolute atomic E-state index is 0.0881. The third-order valence-corrected chi connectivity index (χ3v) is 5.79. The molecule has 0 aliphatic heterocycles. The third-order valence-electron chi connectivity index (χ3n) is 5.79. The van der Waals surface area contributed by atoms with Crippen molar-refractivity contribution in [3.05, 3.63) is 90.1 Å². The minimum Gasteiger partial charge on any atom is -0.321 e. The fraction of sp³-hybridized carbons (Fsp3) is 0.148. The number of anilines is 1. The Kier molecular flexibility index (Phi) is 7.77. The summed E-state index contributed by atoms with van der Waals surface area (Å²) in [6.45, 7) is 1.40. The molecule has 4 aromatic rings. The molecular formula is C27H18F7N5O2. The van der Waals surface area contributed by atoms with Crippen LogP contribution >= 0.6 is 0 Å². The number of amides is 2. The smallest absolute Gasteiger partial charge is 0.321 e. The molecule has 0 fully saturated rings. The van der Waals surface area contributed by atoms with Gasteiger partial charge in [-0.05, 0) is 48.9 Å². The number of nitrogens with zero attached hydrogens (tertiary/aromatic N) is 3. The molecule has 2 heterocycles. The summed E-state index contributed by atoms with van der Waals surface area (Å²) in [5.41, 5.74) is 3.73. The summed E-state index contributed by atoms with van der Waals surface area (Å²) in [7, 11) is 0. The number of para-hydroxylation sites is 1. The number of nitrogens with one attached hydrogen (secondary N) is 2. The van der Waals surface area contributed by atoms with Gasteiger partial charge in [0.05, 0.1) is 28.2 Å². The third kappa shape index (κ3) is 5.85. The van der Waals surface area contributed by atoms with E-state index in [4.69, 9.17) is 0 Å². The van der Waals surface area contributed by atoms with Gasteiger partial charge < -0.3 is 5.32 Å². The number of aromatic nitrogens is 2. The van der Waals surface area contributed by atoms with Crippen LogP contribution in [0.2, 0.25) is 0 Å². The highest BCUT2D eigenvalue weighted by Crippen LogP contribution is 2.46. The molecule has 0 radical (unpaired) electrons. The SMILES string of the molecule is CC(=NNC(=O)c1cc(-c2ccccn2)nc2ccccc12)c1cccc(NC(=O)C(F)(F)C(F)(F)C(F)(F)F)c1. The largest absolute Gasteiger partial charge is 0.460 e. The predicted molar refractivity (Wildman–Crippen MR) is 136 cm³/mol. The maximum Gasteiger partial charge on any atom is 0.460 e. The second-order valence-electron chi connectivity index (χ2n) is 8.61. The number of pyridine rings is 2. The topological polar surface area (TPSA) is 96.3 Å². The molecule has 0 saturated heterocycles. The Morgan fingerprint density at radius 1 is 0.829 bits per heavy atom. The number of alkyl halides is 7. The number of carbonyl (C=O) groups is 2. The van der Waals surface area contributed by atoms with Gasteiger partial charge in [0.2, 0.25) is 0 Å². The van der Waals surface area contributed by atoms with Crippen LogP contribution in [0, 0.1) is 0 Å². The van der Waals surface area contributed by atoms with E-state index in [1.54, 1.807) is 48.7 Å². The molecule has 2 aromatic heterocycles. The molecule has 14 heteroatoms. The molecule has 212 valence electrons. The maximum absolute atomic E-state index is 13.7. The molecular weight excluding hydrogens is 559 g/mol. The Hall–Kier alpha value is -4.88. The van der Waals surface area contributed by atoms with Crippen LogP contribution in [-0.4, -0.2) is 45.5 Å². The second-order valence-corrected chi connectivity index (χ2v) is 8.61. The minimum atomic E-state index is -6.66. The van der Waals surface area contributed by atoms with Gasteiger partial charge in [0.1, 0.15) is 0 Å². The summed E-state index contributed by atoms with van der Waals surface area (Å²) in [6, 6.07) is 18.2. The first kappa shape index (κ1) is 29.1. The molecule has 0 aliphatic carbocycles. The summed E-state index contributed by atoms with van der Waals surface area (Å²) < 4.78 is 91.0. The lowest BCUT2D eigenvalue weighted by molar-refractivity contribution is -0.343. The van der Waals surface area contributed by atoms with Crippen LogP contribution < -0.4 is 10.7 Å². The van der Waals surface area contributed by atoms with Gasteiger partial charge in [-0.25, -0.2) is 10.4 Å². The Morgan fingerprint density at radius 3 is 2.22 bits per heavy atom. The Morgan fingerprint density at radius 2 is 1.54 bits per heavy atom. The van der Waals surface area contributed by atoms with Gasteiger partial charge in [0, 0.05) is 17.3 Å². The number of rotatable bonds is 7. The predicted octanol–water partition coefficient (Wildman–Crippen LogP) is 6.22. The van der Waals surface area contributed by atoms with Crippen LogP contribution in [0.3, 0.4) is 0 Å². The average Bonchev–Trinajstić information content (AvgIpc) is 2.95. The number of benzene rings is 2. The molecule has 4 rings (SSSR count). The Labute approximate surface area is 227 Å². The van der Waals surface area contributed by atoms with Crippen molar-refractivity contribution in [2.24, 2.45) is 5.10 Å². The van der Waals surface area contributed by atoms with Crippen molar-refractivity contribution in [1.29, 1.82) is 0 Å². The van der Waals surface area contributed by atoms with E-state index in [-0.39, 0.29) is 16.8 Å². The first-order chi connectivity index (χ1) is 19.2. The first-order valence-corrected chi connectivity index (χ1v) is 11.6. The van der Waals surface area contributed by atoms with E-state index < -0.39 is 35.5 Å². The van der Waals surface area contributed by atoms with Crippen molar-refractivity contribution in [3.8, 4) is 11.4 Å². The van der Waals surface area contributed by atoms with Crippen molar-refractivity contribution in [3.63, 3.8) is 0 Å². The highest BCUT2D eigenvalue weighted by atomic mass is 19.4. The fourth-order valence-corrected chi connectivity index (χ4v) is 3.62. The highest BCUT2D eigenvalue weighted by molar-refractivity contribution is 6.08. The standard InChI is InChI=1S/C27H18F7N5O2/c1-15(16-7-6-8-17(13-16)36-24(41)25(28,29)26(30,31)27(32,33)34)38-39-23(40)19-14-22(21-11-4-5-12-35-21)37-20-10-3-2-9-18(19)20/h2-14H,1H3,(H,36,41)(H,39,40). The molecule has 0 aliphatic rings. The molecule has 0 spiro atoms. The van der Waals surface area contributed by atoms with Gasteiger partial charge in [-0.15, -0.1) is 0 Å². The van der Waals surface area contributed by atoms with Crippen LogP contribution in [0.25, 0.3) is 22.3 Å². The molecule has 0 bridgehead atoms. The monoisotopic (exact) mass is 577 g/mol. The summed E-state index contributed by atoms with van der Waals surface area (Å²) in [4.78, 5) is 33.6. The molecule has 2 N–H and O–H groups in total. The average molecular weight is 577 g/mol. The molecule has 0 unspecified atom stereocenters. The number of hydrogen-bond acceptors (Lipinski definition) is 5.